The minimum atomic E-state index is -0.932. The summed E-state index contributed by atoms with van der Waals surface area (Å²) in [5.74, 6) is -0.981. The number of carbonyl (C=O) groups excluding carboxylic acids is 2. The molecule has 1 amide bonds. The van der Waals surface area contributed by atoms with Crippen molar-refractivity contribution >= 4 is 35.2 Å². The molecule has 1 N–H and O–H groups in total. The van der Waals surface area contributed by atoms with E-state index in [4.69, 9.17) is 26.3 Å². The van der Waals surface area contributed by atoms with E-state index in [-0.39, 0.29) is 16.2 Å². The van der Waals surface area contributed by atoms with E-state index < -0.39 is 18.5 Å². The summed E-state index contributed by atoms with van der Waals surface area (Å²) >= 11 is 5.89. The number of methoxy groups -OCH3 is 1. The van der Waals surface area contributed by atoms with Gasteiger partial charge in [-0.2, -0.15) is 10.5 Å². The van der Waals surface area contributed by atoms with Crippen LogP contribution in [-0.2, 0) is 14.3 Å². The second kappa shape index (κ2) is 9.77. The second-order valence-electron chi connectivity index (χ2n) is 5.38. The highest BCUT2D eigenvalue weighted by atomic mass is 35.5. The van der Waals surface area contributed by atoms with E-state index in [1.807, 2.05) is 6.07 Å². The van der Waals surface area contributed by atoms with Crippen molar-refractivity contribution in [1.82, 2.24) is 0 Å². The summed E-state index contributed by atoms with van der Waals surface area (Å²) in [4.78, 5) is 24.0. The molecule has 8 heteroatoms. The molecule has 2 aromatic rings. The number of carbonyl (C=O) groups is 2. The molecular weight excluding hydrogens is 382 g/mol. The monoisotopic (exact) mass is 395 g/mol. The minimum absolute atomic E-state index is 0.185. The molecule has 7 nitrogen and oxygen atoms in total. The van der Waals surface area contributed by atoms with Gasteiger partial charge in [-0.3, -0.25) is 4.79 Å². The predicted molar refractivity (Wildman–Crippen MR) is 102 cm³/mol. The van der Waals surface area contributed by atoms with E-state index in [0.717, 1.165) is 0 Å². The number of halogens is 1. The van der Waals surface area contributed by atoms with Crippen molar-refractivity contribution in [2.75, 3.05) is 19.0 Å². The highest BCUT2D eigenvalue weighted by Gasteiger charge is 2.14. The highest BCUT2D eigenvalue weighted by molar-refractivity contribution is 6.32. The Hall–Kier alpha value is -3.81. The largest absolute Gasteiger partial charge is 0.497 e. The van der Waals surface area contributed by atoms with Gasteiger partial charge in [0.05, 0.1) is 17.7 Å². The fraction of sp³-hybridized carbons (Fsp3) is 0.100. The number of ether oxygens (including phenoxy) is 2. The van der Waals surface area contributed by atoms with Crippen molar-refractivity contribution in [3.8, 4) is 17.9 Å². The Morgan fingerprint density at radius 1 is 1.21 bits per heavy atom. The third kappa shape index (κ3) is 5.60. The lowest BCUT2D eigenvalue weighted by atomic mass is 10.1. The number of benzene rings is 2. The number of nitriles is 2. The summed E-state index contributed by atoms with van der Waals surface area (Å²) in [5, 5.41) is 20.7. The number of nitrogens with one attached hydrogen (secondary N) is 1. The SMILES string of the molecule is COc1cccc(/C=C(\C#N)C(=O)OCC(=O)Nc2ccc(C#N)c(Cl)c2)c1. The lowest BCUT2D eigenvalue weighted by Gasteiger charge is -2.07. The summed E-state index contributed by atoms with van der Waals surface area (Å²) in [5.41, 5.74) is 0.928. The number of nitrogens with zero attached hydrogens (tertiary/aromatic N) is 2. The number of rotatable bonds is 6. The first kappa shape index (κ1) is 20.5. The maximum absolute atomic E-state index is 12.0. The van der Waals surface area contributed by atoms with Gasteiger partial charge in [0.2, 0.25) is 0 Å². The Balaban J connectivity index is 1.98. The maximum atomic E-state index is 12.0. The molecule has 0 radical (unpaired) electrons. The van der Waals surface area contributed by atoms with Crippen molar-refractivity contribution in [3.63, 3.8) is 0 Å². The van der Waals surface area contributed by atoms with Crippen molar-refractivity contribution < 1.29 is 19.1 Å². The van der Waals surface area contributed by atoms with Gasteiger partial charge in [-0.1, -0.05) is 23.7 Å². The van der Waals surface area contributed by atoms with Gasteiger partial charge < -0.3 is 14.8 Å². The van der Waals surface area contributed by atoms with Gasteiger partial charge >= 0.3 is 5.97 Å². The van der Waals surface area contributed by atoms with E-state index in [9.17, 15) is 14.9 Å². The average Bonchev–Trinajstić information content (AvgIpc) is 2.70. The molecule has 0 aliphatic rings. The molecule has 0 saturated carbocycles. The Morgan fingerprint density at radius 2 is 2.00 bits per heavy atom. The molecule has 0 spiro atoms. The molecule has 0 atom stereocenters. The maximum Gasteiger partial charge on any atom is 0.349 e. The molecule has 0 fully saturated rings. The summed E-state index contributed by atoms with van der Waals surface area (Å²) < 4.78 is 9.96. The predicted octanol–water partition coefficient (Wildman–Crippen LogP) is 3.31. The third-order valence-electron chi connectivity index (χ3n) is 3.45. The summed E-state index contributed by atoms with van der Waals surface area (Å²) in [7, 11) is 1.50. The van der Waals surface area contributed by atoms with E-state index in [2.05, 4.69) is 5.32 Å². The summed E-state index contributed by atoms with van der Waals surface area (Å²) in [6, 6.07) is 14.8. The van der Waals surface area contributed by atoms with Crippen LogP contribution in [0.25, 0.3) is 6.08 Å². The van der Waals surface area contributed by atoms with Gasteiger partial charge in [0.1, 0.15) is 23.5 Å². The topological polar surface area (TPSA) is 112 Å². The molecule has 2 aromatic carbocycles. The zero-order valence-electron chi connectivity index (χ0n) is 14.7. The van der Waals surface area contributed by atoms with Crippen molar-refractivity contribution in [1.29, 1.82) is 10.5 Å². The first-order chi connectivity index (χ1) is 13.5. The van der Waals surface area contributed by atoms with E-state index in [0.29, 0.717) is 17.0 Å². The van der Waals surface area contributed by atoms with Crippen LogP contribution in [0.15, 0.2) is 48.0 Å². The van der Waals surface area contributed by atoms with E-state index in [1.54, 1.807) is 30.3 Å². The number of anilines is 1. The lowest BCUT2D eigenvalue weighted by Crippen LogP contribution is -2.21. The molecule has 0 unspecified atom stereocenters. The van der Waals surface area contributed by atoms with Gasteiger partial charge in [0, 0.05) is 5.69 Å². The number of esters is 1. The van der Waals surface area contributed by atoms with Crippen molar-refractivity contribution in [3.05, 3.63) is 64.2 Å². The highest BCUT2D eigenvalue weighted by Crippen LogP contribution is 2.20. The van der Waals surface area contributed by atoms with E-state index in [1.165, 1.54) is 31.4 Å². The first-order valence-electron chi connectivity index (χ1n) is 7.89. The molecule has 0 saturated heterocycles. The quantitative estimate of drug-likeness (QED) is 0.456. The van der Waals surface area contributed by atoms with Gasteiger partial charge in [-0.05, 0) is 42.0 Å². The van der Waals surface area contributed by atoms with Gasteiger partial charge in [-0.15, -0.1) is 0 Å². The molecule has 140 valence electrons. The Morgan fingerprint density at radius 3 is 2.64 bits per heavy atom. The molecule has 28 heavy (non-hydrogen) atoms. The van der Waals surface area contributed by atoms with E-state index >= 15 is 0 Å². The molecule has 2 rings (SSSR count). The normalized spacial score (nSPS) is 10.4. The fourth-order valence-electron chi connectivity index (χ4n) is 2.12. The zero-order valence-corrected chi connectivity index (χ0v) is 15.5. The number of amides is 1. The van der Waals surface area contributed by atoms with Crippen LogP contribution in [0.1, 0.15) is 11.1 Å². The smallest absolute Gasteiger partial charge is 0.349 e. The summed E-state index contributed by atoms with van der Waals surface area (Å²) in [6.45, 7) is -0.590. The average molecular weight is 396 g/mol. The van der Waals surface area contributed by atoms with Crippen LogP contribution < -0.4 is 10.1 Å². The lowest BCUT2D eigenvalue weighted by molar-refractivity contribution is -0.142. The molecule has 0 heterocycles. The second-order valence-corrected chi connectivity index (χ2v) is 5.78. The third-order valence-corrected chi connectivity index (χ3v) is 3.77. The standard InChI is InChI=1S/C20H14ClN3O4/c1-27-17-4-2-3-13(8-17)7-15(11-23)20(26)28-12-19(25)24-16-6-5-14(10-22)18(21)9-16/h2-9H,12H2,1H3,(H,24,25)/b15-7+. The Kier molecular flexibility index (Phi) is 7.15. The van der Waals surface area contributed by atoms with Crippen LogP contribution in [0, 0.1) is 22.7 Å². The number of hydrogen-bond acceptors (Lipinski definition) is 6. The Labute approximate surface area is 166 Å². The Bertz CT molecular complexity index is 1020. The molecule has 0 aliphatic carbocycles. The summed E-state index contributed by atoms with van der Waals surface area (Å²) in [6.07, 6.45) is 1.34. The van der Waals surface area contributed by atoms with Gasteiger partial charge in [0.25, 0.3) is 5.91 Å². The first-order valence-corrected chi connectivity index (χ1v) is 8.27. The van der Waals surface area contributed by atoms with Crippen LogP contribution in [0.5, 0.6) is 5.75 Å². The van der Waals surface area contributed by atoms with Crippen LogP contribution in [0.3, 0.4) is 0 Å². The molecule has 0 bridgehead atoms. The fourth-order valence-corrected chi connectivity index (χ4v) is 2.35. The molecule has 0 aliphatic heterocycles. The van der Waals surface area contributed by atoms with Gasteiger partial charge in [-0.25, -0.2) is 4.79 Å². The number of hydrogen-bond donors (Lipinski definition) is 1. The van der Waals surface area contributed by atoms with Crippen molar-refractivity contribution in [2.45, 2.75) is 0 Å². The van der Waals surface area contributed by atoms with Gasteiger partial charge in [0.15, 0.2) is 6.61 Å². The van der Waals surface area contributed by atoms with Crippen LogP contribution in [0.4, 0.5) is 5.69 Å². The molecular formula is C20H14ClN3O4. The van der Waals surface area contributed by atoms with Crippen LogP contribution in [0.2, 0.25) is 5.02 Å². The van der Waals surface area contributed by atoms with Crippen LogP contribution in [-0.4, -0.2) is 25.6 Å². The minimum Gasteiger partial charge on any atom is -0.497 e. The zero-order chi connectivity index (χ0) is 20.5. The van der Waals surface area contributed by atoms with Crippen LogP contribution >= 0.6 is 11.6 Å². The van der Waals surface area contributed by atoms with Crippen molar-refractivity contribution in [2.24, 2.45) is 0 Å². The molecule has 0 aromatic heterocycles.